The Kier molecular flexibility index (Phi) is 5.25. The Balaban J connectivity index is 2.01. The first-order valence-corrected chi connectivity index (χ1v) is 8.77. The molecule has 24 heavy (non-hydrogen) atoms. The summed E-state index contributed by atoms with van der Waals surface area (Å²) in [4.78, 5) is 17.6. The smallest absolute Gasteiger partial charge is 0.270 e. The van der Waals surface area contributed by atoms with Gasteiger partial charge in [0.25, 0.3) is 5.69 Å². The second-order valence-electron chi connectivity index (χ2n) is 5.74. The predicted octanol–water partition coefficient (Wildman–Crippen LogP) is 4.92. The van der Waals surface area contributed by atoms with Gasteiger partial charge in [-0.1, -0.05) is 30.3 Å². The molecule has 0 aliphatic carbocycles. The summed E-state index contributed by atoms with van der Waals surface area (Å²) < 4.78 is 0.627. The van der Waals surface area contributed by atoms with Crippen molar-refractivity contribution < 1.29 is 4.92 Å². The van der Waals surface area contributed by atoms with Gasteiger partial charge >= 0.3 is 0 Å². The van der Waals surface area contributed by atoms with E-state index in [2.05, 4.69) is 20.8 Å². The summed E-state index contributed by atoms with van der Waals surface area (Å²) in [5, 5.41) is 10.9. The number of piperidine rings is 1. The molecule has 2 aromatic rings. The molecule has 1 aliphatic heterocycles. The minimum atomic E-state index is -0.402. The molecule has 2 aromatic carbocycles. The van der Waals surface area contributed by atoms with E-state index < -0.39 is 4.92 Å². The van der Waals surface area contributed by atoms with E-state index >= 15 is 0 Å². The number of hydrogen-bond donors (Lipinski definition) is 0. The fraction of sp³-hybridized carbons (Fsp3) is 0.278. The Morgan fingerprint density at radius 1 is 1.08 bits per heavy atom. The molecule has 0 saturated carbocycles. The number of amidine groups is 1. The number of benzene rings is 2. The zero-order valence-corrected chi connectivity index (χ0v) is 14.8. The van der Waals surface area contributed by atoms with Gasteiger partial charge in [0.1, 0.15) is 5.84 Å². The Morgan fingerprint density at radius 2 is 1.79 bits per heavy atom. The van der Waals surface area contributed by atoms with E-state index in [1.807, 2.05) is 30.3 Å². The van der Waals surface area contributed by atoms with Crippen LogP contribution in [0.15, 0.2) is 58.0 Å². The Bertz CT molecular complexity index is 756. The largest absolute Gasteiger partial charge is 0.356 e. The molecule has 0 N–H and O–H groups in total. The minimum absolute atomic E-state index is 0.0556. The van der Waals surface area contributed by atoms with Crippen molar-refractivity contribution >= 4 is 33.1 Å². The molecule has 0 radical (unpaired) electrons. The van der Waals surface area contributed by atoms with Gasteiger partial charge in [-0.05, 0) is 41.3 Å². The van der Waals surface area contributed by atoms with Crippen LogP contribution < -0.4 is 0 Å². The number of nitro groups is 1. The molecule has 1 fully saturated rings. The highest BCUT2D eigenvalue weighted by Gasteiger charge is 2.17. The molecule has 124 valence electrons. The molecular formula is C18H18BrN3O2. The second kappa shape index (κ2) is 7.57. The van der Waals surface area contributed by atoms with Crippen LogP contribution in [0, 0.1) is 10.1 Å². The van der Waals surface area contributed by atoms with Gasteiger partial charge in [0.2, 0.25) is 0 Å². The van der Waals surface area contributed by atoms with Gasteiger partial charge in [-0.25, -0.2) is 4.99 Å². The number of non-ortho nitro benzene ring substituents is 1. The van der Waals surface area contributed by atoms with Crippen LogP contribution in [0.2, 0.25) is 0 Å². The molecule has 0 unspecified atom stereocenters. The van der Waals surface area contributed by atoms with Crippen molar-refractivity contribution in [3.05, 3.63) is 68.7 Å². The second-order valence-corrected chi connectivity index (χ2v) is 6.60. The summed E-state index contributed by atoms with van der Waals surface area (Å²) in [7, 11) is 0. The van der Waals surface area contributed by atoms with Crippen LogP contribution in [0.4, 0.5) is 11.4 Å². The first-order chi connectivity index (χ1) is 11.6. The normalized spacial score (nSPS) is 15.4. The fourth-order valence-corrected chi connectivity index (χ4v) is 3.28. The monoisotopic (exact) mass is 387 g/mol. The van der Waals surface area contributed by atoms with Gasteiger partial charge in [-0.2, -0.15) is 0 Å². The average Bonchev–Trinajstić information content (AvgIpc) is 2.62. The van der Waals surface area contributed by atoms with Crippen molar-refractivity contribution in [2.24, 2.45) is 4.99 Å². The topological polar surface area (TPSA) is 58.7 Å². The number of rotatable bonds is 3. The summed E-state index contributed by atoms with van der Waals surface area (Å²) in [6.45, 7) is 1.97. The van der Waals surface area contributed by atoms with Gasteiger partial charge in [-0.3, -0.25) is 10.1 Å². The Labute approximate surface area is 149 Å². The number of hydrogen-bond acceptors (Lipinski definition) is 3. The standard InChI is InChI=1S/C18H18BrN3O2/c19-16-13-15(22(23)24)9-10-17(16)20-18(14-7-3-1-4-8-14)21-11-5-2-6-12-21/h1,3-4,7-10,13H,2,5-6,11-12H2. The van der Waals surface area contributed by atoms with Gasteiger partial charge in [0.15, 0.2) is 0 Å². The fourth-order valence-electron chi connectivity index (χ4n) is 2.82. The first kappa shape index (κ1) is 16.6. The Morgan fingerprint density at radius 3 is 2.42 bits per heavy atom. The summed E-state index contributed by atoms with van der Waals surface area (Å²) in [5.74, 6) is 0.921. The molecular weight excluding hydrogens is 370 g/mol. The molecule has 0 aromatic heterocycles. The van der Waals surface area contributed by atoms with E-state index in [4.69, 9.17) is 4.99 Å². The highest BCUT2D eigenvalue weighted by atomic mass is 79.9. The molecule has 0 amide bonds. The van der Waals surface area contributed by atoms with Crippen molar-refractivity contribution in [1.82, 2.24) is 4.90 Å². The highest BCUT2D eigenvalue weighted by molar-refractivity contribution is 9.10. The zero-order valence-electron chi connectivity index (χ0n) is 13.2. The lowest BCUT2D eigenvalue weighted by Crippen LogP contribution is -2.36. The van der Waals surface area contributed by atoms with Gasteiger partial charge < -0.3 is 4.90 Å². The number of likely N-dealkylation sites (tertiary alicyclic amines) is 1. The van der Waals surface area contributed by atoms with Gasteiger partial charge in [0.05, 0.1) is 15.1 Å². The van der Waals surface area contributed by atoms with Crippen molar-refractivity contribution in [2.45, 2.75) is 19.3 Å². The molecule has 1 heterocycles. The van der Waals surface area contributed by atoms with E-state index in [0.717, 1.165) is 37.3 Å². The van der Waals surface area contributed by atoms with Gasteiger partial charge in [0, 0.05) is 30.8 Å². The van der Waals surface area contributed by atoms with Gasteiger partial charge in [-0.15, -0.1) is 0 Å². The highest BCUT2D eigenvalue weighted by Crippen LogP contribution is 2.30. The number of aliphatic imine (C=N–C) groups is 1. The molecule has 0 spiro atoms. The van der Waals surface area contributed by atoms with E-state index in [1.54, 1.807) is 6.07 Å². The number of nitrogens with zero attached hydrogens (tertiary/aromatic N) is 3. The molecule has 6 heteroatoms. The molecule has 5 nitrogen and oxygen atoms in total. The first-order valence-electron chi connectivity index (χ1n) is 7.98. The van der Waals surface area contributed by atoms with E-state index in [-0.39, 0.29) is 5.69 Å². The lowest BCUT2D eigenvalue weighted by atomic mass is 10.1. The Hall–Kier alpha value is -2.21. The van der Waals surface area contributed by atoms with Crippen LogP contribution in [0.3, 0.4) is 0 Å². The SMILES string of the molecule is O=[N+]([O-])c1ccc(N=C(c2ccccc2)N2CCCCC2)c(Br)c1. The third-order valence-corrected chi connectivity index (χ3v) is 4.69. The van der Waals surface area contributed by atoms with Crippen molar-refractivity contribution in [2.75, 3.05) is 13.1 Å². The van der Waals surface area contributed by atoms with Crippen LogP contribution in [0.1, 0.15) is 24.8 Å². The molecule has 0 atom stereocenters. The van der Waals surface area contributed by atoms with Crippen LogP contribution >= 0.6 is 15.9 Å². The van der Waals surface area contributed by atoms with Crippen LogP contribution in [-0.4, -0.2) is 28.7 Å². The number of halogens is 1. The number of nitro benzene ring substituents is 1. The van der Waals surface area contributed by atoms with Crippen molar-refractivity contribution in [3.63, 3.8) is 0 Å². The molecule has 1 aliphatic rings. The third kappa shape index (κ3) is 3.82. The predicted molar refractivity (Wildman–Crippen MR) is 98.9 cm³/mol. The van der Waals surface area contributed by atoms with E-state index in [1.165, 1.54) is 18.6 Å². The average molecular weight is 388 g/mol. The molecule has 0 bridgehead atoms. The van der Waals surface area contributed by atoms with Crippen molar-refractivity contribution in [3.8, 4) is 0 Å². The third-order valence-electron chi connectivity index (χ3n) is 4.06. The maximum atomic E-state index is 10.9. The maximum absolute atomic E-state index is 10.9. The lowest BCUT2D eigenvalue weighted by molar-refractivity contribution is -0.384. The zero-order chi connectivity index (χ0) is 16.9. The summed E-state index contributed by atoms with van der Waals surface area (Å²) in [6.07, 6.45) is 3.57. The molecule has 1 saturated heterocycles. The van der Waals surface area contributed by atoms with E-state index in [0.29, 0.717) is 10.2 Å². The van der Waals surface area contributed by atoms with Crippen molar-refractivity contribution in [1.29, 1.82) is 0 Å². The lowest BCUT2D eigenvalue weighted by Gasteiger charge is -2.30. The summed E-state index contributed by atoms with van der Waals surface area (Å²) in [5.41, 5.74) is 1.81. The van der Waals surface area contributed by atoms with E-state index in [9.17, 15) is 10.1 Å². The summed E-state index contributed by atoms with van der Waals surface area (Å²) >= 11 is 3.41. The van der Waals surface area contributed by atoms with Crippen LogP contribution in [-0.2, 0) is 0 Å². The quantitative estimate of drug-likeness (QED) is 0.325. The van der Waals surface area contributed by atoms with Crippen LogP contribution in [0.5, 0.6) is 0 Å². The summed E-state index contributed by atoms with van der Waals surface area (Å²) in [6, 6.07) is 14.8. The van der Waals surface area contributed by atoms with Crippen LogP contribution in [0.25, 0.3) is 0 Å². The maximum Gasteiger partial charge on any atom is 0.270 e. The minimum Gasteiger partial charge on any atom is -0.356 e. The molecule has 3 rings (SSSR count).